The average molecular weight is 231 g/mol. The second-order valence-electron chi connectivity index (χ2n) is 3.98. The highest BCUT2D eigenvalue weighted by Crippen LogP contribution is 2.22. The number of hydrogen-bond donors (Lipinski definition) is 0. The maximum Gasteiger partial charge on any atom is 0.237 e. The van der Waals surface area contributed by atoms with E-state index in [0.29, 0.717) is 11.7 Å². The molecule has 0 N–H and O–H groups in total. The van der Waals surface area contributed by atoms with Crippen LogP contribution in [0, 0.1) is 6.92 Å². The summed E-state index contributed by atoms with van der Waals surface area (Å²) in [5, 5.41) is 3.88. The highest BCUT2D eigenvalue weighted by atomic mass is 16.5. The Kier molecular flexibility index (Phi) is 2.99. The van der Waals surface area contributed by atoms with Crippen LogP contribution in [0.4, 0.5) is 0 Å². The Hall–Kier alpha value is -2.04. The van der Waals surface area contributed by atoms with Crippen LogP contribution < -0.4 is 0 Å². The SMILES string of the molecule is CC(=O)C(C)c1nc(-c2ccncc2C)no1. The molecule has 5 nitrogen and oxygen atoms in total. The lowest BCUT2D eigenvalue weighted by Crippen LogP contribution is -2.04. The van der Waals surface area contributed by atoms with Crippen molar-refractivity contribution in [2.45, 2.75) is 26.7 Å². The van der Waals surface area contributed by atoms with E-state index in [4.69, 9.17) is 4.52 Å². The monoisotopic (exact) mass is 231 g/mol. The summed E-state index contributed by atoms with van der Waals surface area (Å²) >= 11 is 0. The van der Waals surface area contributed by atoms with Crippen LogP contribution in [0.15, 0.2) is 23.0 Å². The van der Waals surface area contributed by atoms with E-state index in [0.717, 1.165) is 11.1 Å². The van der Waals surface area contributed by atoms with Gasteiger partial charge in [0.05, 0.1) is 5.92 Å². The van der Waals surface area contributed by atoms with Crippen LogP contribution in [0.2, 0.25) is 0 Å². The van der Waals surface area contributed by atoms with E-state index in [2.05, 4.69) is 15.1 Å². The smallest absolute Gasteiger partial charge is 0.237 e. The first-order valence-electron chi connectivity index (χ1n) is 5.34. The van der Waals surface area contributed by atoms with Crippen molar-refractivity contribution in [2.24, 2.45) is 0 Å². The summed E-state index contributed by atoms with van der Waals surface area (Å²) in [4.78, 5) is 19.5. The number of aromatic nitrogens is 3. The molecule has 2 aromatic heterocycles. The van der Waals surface area contributed by atoms with Crippen molar-refractivity contribution in [1.29, 1.82) is 0 Å². The summed E-state index contributed by atoms with van der Waals surface area (Å²) in [6, 6.07) is 1.82. The van der Waals surface area contributed by atoms with Crippen molar-refractivity contribution >= 4 is 5.78 Å². The average Bonchev–Trinajstić information content (AvgIpc) is 2.77. The fraction of sp³-hybridized carbons (Fsp3) is 0.333. The van der Waals surface area contributed by atoms with E-state index >= 15 is 0 Å². The van der Waals surface area contributed by atoms with Crippen molar-refractivity contribution in [2.75, 3.05) is 0 Å². The van der Waals surface area contributed by atoms with Gasteiger partial charge in [0, 0.05) is 18.0 Å². The summed E-state index contributed by atoms with van der Waals surface area (Å²) in [6.07, 6.45) is 3.41. The molecule has 0 fully saturated rings. The lowest BCUT2D eigenvalue weighted by molar-refractivity contribution is -0.118. The normalized spacial score (nSPS) is 12.4. The fourth-order valence-electron chi connectivity index (χ4n) is 1.42. The Morgan fingerprint density at radius 2 is 2.24 bits per heavy atom. The number of Topliss-reactive ketones (excluding diaryl/α,β-unsaturated/α-hetero) is 1. The minimum absolute atomic E-state index is 0.00616. The summed E-state index contributed by atoms with van der Waals surface area (Å²) in [6.45, 7) is 5.18. The molecule has 88 valence electrons. The van der Waals surface area contributed by atoms with E-state index in [-0.39, 0.29) is 11.7 Å². The van der Waals surface area contributed by atoms with Gasteiger partial charge >= 0.3 is 0 Å². The Morgan fingerprint density at radius 3 is 2.88 bits per heavy atom. The predicted molar refractivity (Wildman–Crippen MR) is 61.4 cm³/mol. The maximum atomic E-state index is 11.2. The second kappa shape index (κ2) is 4.45. The molecule has 0 aliphatic carbocycles. The van der Waals surface area contributed by atoms with Gasteiger partial charge < -0.3 is 4.52 Å². The number of rotatable bonds is 3. The number of carbonyl (C=O) groups is 1. The highest BCUT2D eigenvalue weighted by Gasteiger charge is 2.19. The quantitative estimate of drug-likeness (QED) is 0.809. The Bertz CT molecular complexity index is 548. The van der Waals surface area contributed by atoms with Crippen LogP contribution in [0.1, 0.15) is 31.2 Å². The van der Waals surface area contributed by atoms with Gasteiger partial charge in [-0.2, -0.15) is 4.98 Å². The molecule has 17 heavy (non-hydrogen) atoms. The molecule has 0 aromatic carbocycles. The van der Waals surface area contributed by atoms with E-state index in [9.17, 15) is 4.79 Å². The van der Waals surface area contributed by atoms with Gasteiger partial charge in [-0.1, -0.05) is 5.16 Å². The molecule has 0 aliphatic heterocycles. The zero-order chi connectivity index (χ0) is 12.4. The minimum Gasteiger partial charge on any atom is -0.338 e. The van der Waals surface area contributed by atoms with E-state index < -0.39 is 0 Å². The van der Waals surface area contributed by atoms with Crippen LogP contribution in [0.25, 0.3) is 11.4 Å². The van der Waals surface area contributed by atoms with Crippen LogP contribution in [-0.4, -0.2) is 20.9 Å². The Labute approximate surface area is 98.9 Å². The summed E-state index contributed by atoms with van der Waals surface area (Å²) in [5.74, 6) is 0.488. The van der Waals surface area contributed by atoms with Gasteiger partial charge in [0.1, 0.15) is 5.78 Å². The number of hydrogen-bond acceptors (Lipinski definition) is 5. The van der Waals surface area contributed by atoms with Gasteiger partial charge in [-0.15, -0.1) is 0 Å². The maximum absolute atomic E-state index is 11.2. The zero-order valence-corrected chi connectivity index (χ0v) is 9.97. The number of nitrogens with zero attached hydrogens (tertiary/aromatic N) is 3. The van der Waals surface area contributed by atoms with Crippen molar-refractivity contribution < 1.29 is 9.32 Å². The minimum atomic E-state index is -0.363. The lowest BCUT2D eigenvalue weighted by Gasteiger charge is -1.99. The molecular formula is C12H13N3O2. The molecule has 0 saturated heterocycles. The third kappa shape index (κ3) is 2.22. The predicted octanol–water partition coefficient (Wildman–Crippen LogP) is 2.13. The second-order valence-corrected chi connectivity index (χ2v) is 3.98. The van der Waals surface area contributed by atoms with Gasteiger partial charge in [0.15, 0.2) is 0 Å². The van der Waals surface area contributed by atoms with Crippen LogP contribution in [0.5, 0.6) is 0 Å². The molecular weight excluding hydrogens is 218 g/mol. The van der Waals surface area contributed by atoms with Crippen LogP contribution >= 0.6 is 0 Å². The standard InChI is InChI=1S/C12H13N3O2/c1-7-6-13-5-4-10(7)11-14-12(17-15-11)8(2)9(3)16/h4-6,8H,1-3H3. The van der Waals surface area contributed by atoms with Crippen LogP contribution in [-0.2, 0) is 4.79 Å². The molecule has 0 bridgehead atoms. The fourth-order valence-corrected chi connectivity index (χ4v) is 1.42. The number of pyridine rings is 1. The molecule has 2 aromatic rings. The Balaban J connectivity index is 2.37. The van der Waals surface area contributed by atoms with Crippen molar-refractivity contribution in [3.8, 4) is 11.4 Å². The first-order valence-corrected chi connectivity index (χ1v) is 5.34. The van der Waals surface area contributed by atoms with Gasteiger partial charge in [-0.05, 0) is 32.4 Å². The molecule has 2 heterocycles. The van der Waals surface area contributed by atoms with Gasteiger partial charge in [0.25, 0.3) is 0 Å². The van der Waals surface area contributed by atoms with Gasteiger partial charge in [-0.3, -0.25) is 9.78 Å². The van der Waals surface area contributed by atoms with E-state index in [1.165, 1.54) is 6.92 Å². The Morgan fingerprint density at radius 1 is 1.47 bits per heavy atom. The lowest BCUT2D eigenvalue weighted by atomic mass is 10.1. The molecule has 1 atom stereocenters. The van der Waals surface area contributed by atoms with E-state index in [1.54, 1.807) is 19.3 Å². The number of ketones is 1. The topological polar surface area (TPSA) is 68.9 Å². The molecule has 0 radical (unpaired) electrons. The van der Waals surface area contributed by atoms with Gasteiger partial charge in [-0.25, -0.2) is 0 Å². The molecule has 2 rings (SSSR count). The van der Waals surface area contributed by atoms with Crippen LogP contribution in [0.3, 0.4) is 0 Å². The summed E-state index contributed by atoms with van der Waals surface area (Å²) < 4.78 is 5.09. The molecule has 0 amide bonds. The zero-order valence-electron chi connectivity index (χ0n) is 9.97. The molecule has 1 unspecified atom stereocenters. The molecule has 0 spiro atoms. The van der Waals surface area contributed by atoms with Crippen molar-refractivity contribution in [3.05, 3.63) is 29.9 Å². The number of carbonyl (C=O) groups excluding carboxylic acids is 1. The third-order valence-electron chi connectivity index (χ3n) is 2.68. The van der Waals surface area contributed by atoms with Crippen molar-refractivity contribution in [1.82, 2.24) is 15.1 Å². The summed E-state index contributed by atoms with van der Waals surface area (Å²) in [7, 11) is 0. The third-order valence-corrected chi connectivity index (χ3v) is 2.68. The first-order chi connectivity index (χ1) is 8.09. The summed E-state index contributed by atoms with van der Waals surface area (Å²) in [5.41, 5.74) is 1.83. The molecule has 0 saturated carbocycles. The first kappa shape index (κ1) is 11.4. The van der Waals surface area contributed by atoms with Gasteiger partial charge in [0.2, 0.25) is 11.7 Å². The van der Waals surface area contributed by atoms with Crippen molar-refractivity contribution in [3.63, 3.8) is 0 Å². The van der Waals surface area contributed by atoms with E-state index in [1.807, 2.05) is 13.0 Å². The molecule has 5 heteroatoms. The number of aryl methyl sites for hydroxylation is 1. The molecule has 0 aliphatic rings. The highest BCUT2D eigenvalue weighted by molar-refractivity contribution is 5.81. The largest absolute Gasteiger partial charge is 0.338 e.